The molecule has 1 aliphatic heterocycles. The zero-order valence-electron chi connectivity index (χ0n) is 22.9. The van der Waals surface area contributed by atoms with Gasteiger partial charge >= 0.3 is 11.9 Å². The van der Waals surface area contributed by atoms with Crippen molar-refractivity contribution in [3.63, 3.8) is 0 Å². The summed E-state index contributed by atoms with van der Waals surface area (Å²) >= 11 is 0. The van der Waals surface area contributed by atoms with E-state index in [1.54, 1.807) is 0 Å². The van der Waals surface area contributed by atoms with Gasteiger partial charge in [0.05, 0.1) is 35.3 Å². The average Bonchev–Trinajstić information content (AvgIpc) is 3.39. The fourth-order valence-corrected chi connectivity index (χ4v) is 5.93. The first-order chi connectivity index (χ1) is 20.2. The van der Waals surface area contributed by atoms with Crippen LogP contribution in [0, 0.1) is 13.5 Å². The zero-order chi connectivity index (χ0) is 31.3. The summed E-state index contributed by atoms with van der Waals surface area (Å²) in [6.45, 7) is 9.57. The number of likely N-dealkylation sites (tertiary alicyclic amines) is 1. The zero-order valence-corrected chi connectivity index (χ0v) is 23.7. The Hall–Kier alpha value is -4.52. The third-order valence-electron chi connectivity index (χ3n) is 7.49. The first-order valence-corrected chi connectivity index (χ1v) is 14.4. The highest BCUT2D eigenvalue weighted by atomic mass is 32.2. The summed E-state index contributed by atoms with van der Waals surface area (Å²) in [4.78, 5) is 32.8. The number of piperidine rings is 1. The van der Waals surface area contributed by atoms with Crippen LogP contribution in [0.3, 0.4) is 0 Å². The molecule has 0 atom stereocenters. The molecule has 0 spiro atoms. The van der Waals surface area contributed by atoms with Crippen LogP contribution in [0.1, 0.15) is 30.1 Å². The van der Waals surface area contributed by atoms with E-state index in [4.69, 9.17) is 6.57 Å². The van der Waals surface area contributed by atoms with Crippen molar-refractivity contribution < 1.29 is 26.1 Å². The van der Waals surface area contributed by atoms with Gasteiger partial charge in [0.25, 0.3) is 15.7 Å². The lowest BCUT2D eigenvalue weighted by Gasteiger charge is -2.31. The molecule has 0 unspecified atom stereocenters. The molecule has 0 bridgehead atoms. The molecule has 1 fully saturated rings. The Morgan fingerprint density at radius 1 is 1.05 bits per heavy atom. The van der Waals surface area contributed by atoms with Gasteiger partial charge in [-0.2, -0.15) is 26.7 Å². The maximum Gasteiger partial charge on any atom is 0.416 e. The van der Waals surface area contributed by atoms with Crippen LogP contribution in [0.5, 0.6) is 0 Å². The molecule has 0 aliphatic carbocycles. The first-order valence-electron chi connectivity index (χ1n) is 13.0. The minimum Gasteiger partial charge on any atom is -0.306 e. The van der Waals surface area contributed by atoms with Crippen molar-refractivity contribution in [2.24, 2.45) is 0 Å². The van der Waals surface area contributed by atoms with E-state index in [0.717, 1.165) is 38.2 Å². The molecule has 11 nitrogen and oxygen atoms in total. The molecule has 0 radical (unpaired) electrons. The van der Waals surface area contributed by atoms with Gasteiger partial charge in [-0.15, -0.1) is 0 Å². The summed E-state index contributed by atoms with van der Waals surface area (Å²) in [5.74, 6) is 0. The molecule has 1 aliphatic rings. The molecule has 15 heteroatoms. The normalized spacial score (nSPS) is 15.0. The topological polar surface area (TPSA) is 124 Å². The van der Waals surface area contributed by atoms with E-state index in [9.17, 15) is 35.7 Å². The number of hydrogen-bond acceptors (Lipinski definition) is 6. The molecule has 224 valence electrons. The molecule has 4 aromatic rings. The second kappa shape index (κ2) is 11.0. The van der Waals surface area contributed by atoms with E-state index in [1.807, 2.05) is 11.9 Å². The van der Waals surface area contributed by atoms with Gasteiger partial charge in [-0.1, -0.05) is 18.2 Å². The van der Waals surface area contributed by atoms with E-state index in [-0.39, 0.29) is 34.0 Å². The minimum absolute atomic E-state index is 0.164. The molecule has 5 rings (SSSR count). The Balaban J connectivity index is 1.90. The van der Waals surface area contributed by atoms with Crippen molar-refractivity contribution in [3.8, 4) is 22.6 Å². The quantitative estimate of drug-likeness (QED) is 0.264. The van der Waals surface area contributed by atoms with Crippen molar-refractivity contribution in [2.45, 2.75) is 36.9 Å². The van der Waals surface area contributed by atoms with Gasteiger partial charge in [0.15, 0.2) is 5.69 Å². The molecule has 0 amide bonds. The monoisotopic (exact) mass is 614 g/mol. The Bertz CT molecular complexity index is 1980. The van der Waals surface area contributed by atoms with Gasteiger partial charge in [0, 0.05) is 11.7 Å². The lowest BCUT2D eigenvalue weighted by molar-refractivity contribution is -0.137. The summed E-state index contributed by atoms with van der Waals surface area (Å²) in [6, 6.07) is 9.15. The molecule has 2 aromatic heterocycles. The van der Waals surface area contributed by atoms with Crippen molar-refractivity contribution >= 4 is 15.8 Å². The van der Waals surface area contributed by atoms with Crippen LogP contribution in [0.25, 0.3) is 27.5 Å². The maximum absolute atomic E-state index is 14.3. The number of halogens is 3. The SMILES string of the molecule is [C-]#[N+]c1ccc(-n2ncc(S(=O)(=O)O)c2-c2c(C)n(-c3cccc(C(F)(F)F)c3)c(=O)n(C3CCN(C)CC3)c2=O)cc1. The summed E-state index contributed by atoms with van der Waals surface area (Å²) in [6.07, 6.45) is -3.14. The average molecular weight is 615 g/mol. The number of benzene rings is 2. The summed E-state index contributed by atoms with van der Waals surface area (Å²) < 4.78 is 79.2. The third-order valence-corrected chi connectivity index (χ3v) is 8.34. The smallest absolute Gasteiger partial charge is 0.306 e. The first kappa shape index (κ1) is 30.0. The third kappa shape index (κ3) is 5.52. The highest BCUT2D eigenvalue weighted by Gasteiger charge is 2.34. The summed E-state index contributed by atoms with van der Waals surface area (Å²) in [7, 11) is -3.12. The van der Waals surface area contributed by atoms with E-state index >= 15 is 0 Å². The summed E-state index contributed by atoms with van der Waals surface area (Å²) in [5, 5.41) is 4.10. The Labute approximate surface area is 243 Å². The van der Waals surface area contributed by atoms with E-state index in [2.05, 4.69) is 9.94 Å². The Morgan fingerprint density at radius 3 is 2.28 bits per heavy atom. The molecule has 2 aromatic carbocycles. The number of alkyl halides is 3. The number of nitrogens with zero attached hydrogens (tertiary/aromatic N) is 6. The van der Waals surface area contributed by atoms with Gasteiger partial charge in [-0.25, -0.2) is 14.3 Å². The van der Waals surface area contributed by atoms with Crippen molar-refractivity contribution in [2.75, 3.05) is 20.1 Å². The van der Waals surface area contributed by atoms with Gasteiger partial charge in [-0.05, 0) is 70.2 Å². The standard InChI is InChI=1S/C28H25F3N6O5S/c1-17-24(25-23(43(40,41)42)16-33-37(25)21-9-7-19(32-2)8-10-21)26(38)36(20-11-13-34(3)14-12-20)27(39)35(17)22-6-4-5-18(15-22)28(29,30)31/h4-10,15-16,20H,11-14H2,1,3H3,(H,40,41,42). The van der Waals surface area contributed by atoms with Crippen molar-refractivity contribution in [3.05, 3.63) is 98.2 Å². The van der Waals surface area contributed by atoms with Crippen molar-refractivity contribution in [1.82, 2.24) is 23.8 Å². The fourth-order valence-electron chi connectivity index (χ4n) is 5.31. The van der Waals surface area contributed by atoms with Crippen LogP contribution in [0.4, 0.5) is 18.9 Å². The minimum atomic E-state index is -5.00. The van der Waals surface area contributed by atoms with Crippen LogP contribution in [0.2, 0.25) is 0 Å². The fraction of sp³-hybridized carbons (Fsp3) is 0.286. The van der Waals surface area contributed by atoms with Crippen LogP contribution >= 0.6 is 0 Å². The van der Waals surface area contributed by atoms with E-state index in [0.29, 0.717) is 25.9 Å². The molecule has 0 saturated carbocycles. The highest BCUT2D eigenvalue weighted by Crippen LogP contribution is 2.33. The summed E-state index contributed by atoms with van der Waals surface area (Å²) in [5.41, 5.74) is -3.41. The second-order valence-corrected chi connectivity index (χ2v) is 11.6. The van der Waals surface area contributed by atoms with Gasteiger partial charge < -0.3 is 4.90 Å². The van der Waals surface area contributed by atoms with Gasteiger partial charge in [-0.3, -0.25) is 18.5 Å². The number of aromatic nitrogens is 4. The maximum atomic E-state index is 14.3. The molecule has 1 saturated heterocycles. The molecule has 3 heterocycles. The van der Waals surface area contributed by atoms with Crippen LogP contribution < -0.4 is 11.2 Å². The van der Waals surface area contributed by atoms with Crippen LogP contribution in [-0.4, -0.2) is 56.9 Å². The lowest BCUT2D eigenvalue weighted by Crippen LogP contribution is -2.46. The van der Waals surface area contributed by atoms with E-state index < -0.39 is 44.0 Å². The molecular formula is C28H25F3N6O5S. The van der Waals surface area contributed by atoms with E-state index in [1.165, 1.54) is 37.3 Å². The van der Waals surface area contributed by atoms with Crippen LogP contribution in [-0.2, 0) is 16.3 Å². The number of hydrogen-bond donors (Lipinski definition) is 1. The van der Waals surface area contributed by atoms with Crippen LogP contribution in [0.15, 0.2) is 69.2 Å². The predicted molar refractivity (Wildman–Crippen MR) is 150 cm³/mol. The molecule has 1 N–H and O–H groups in total. The van der Waals surface area contributed by atoms with Gasteiger partial charge in [0.1, 0.15) is 10.6 Å². The predicted octanol–water partition coefficient (Wildman–Crippen LogP) is 4.24. The molecular weight excluding hydrogens is 589 g/mol. The van der Waals surface area contributed by atoms with Crippen molar-refractivity contribution in [1.29, 1.82) is 0 Å². The molecule has 43 heavy (non-hydrogen) atoms. The Morgan fingerprint density at radius 2 is 1.70 bits per heavy atom. The second-order valence-electron chi connectivity index (χ2n) is 10.2. The lowest BCUT2D eigenvalue weighted by atomic mass is 10.0. The number of rotatable bonds is 5. The largest absolute Gasteiger partial charge is 0.416 e. The van der Waals surface area contributed by atoms with Gasteiger partial charge in [0.2, 0.25) is 0 Å². The Kier molecular flexibility index (Phi) is 7.63. The highest BCUT2D eigenvalue weighted by molar-refractivity contribution is 7.86.